The van der Waals surface area contributed by atoms with Crippen LogP contribution in [0, 0.1) is 11.3 Å². The molecule has 0 heterocycles. The molecule has 5 nitrogen and oxygen atoms in total. The summed E-state index contributed by atoms with van der Waals surface area (Å²) < 4.78 is 10.8. The largest absolute Gasteiger partial charge is 0.494 e. The van der Waals surface area contributed by atoms with Crippen LogP contribution >= 0.6 is 0 Å². The molecule has 0 radical (unpaired) electrons. The van der Waals surface area contributed by atoms with Crippen LogP contribution in [0.3, 0.4) is 0 Å². The highest BCUT2D eigenvalue weighted by Gasteiger charge is 2.32. The maximum absolute atomic E-state index is 11.5. The number of rotatable bonds is 8. The minimum Gasteiger partial charge on any atom is -0.494 e. The number of carbonyl (C=O) groups excluding carboxylic acids is 1. The van der Waals surface area contributed by atoms with Gasteiger partial charge >= 0.3 is 5.97 Å². The molecule has 0 aromatic heterocycles. The summed E-state index contributed by atoms with van der Waals surface area (Å²) in [5, 5.41) is 3.62. The predicted molar refractivity (Wildman–Crippen MR) is 111 cm³/mol. The van der Waals surface area contributed by atoms with E-state index >= 15 is 0 Å². The first-order chi connectivity index (χ1) is 12.6. The average molecular weight is 377 g/mol. The van der Waals surface area contributed by atoms with E-state index in [1.54, 1.807) is 0 Å². The van der Waals surface area contributed by atoms with Crippen LogP contribution < -0.4 is 15.8 Å². The topological polar surface area (TPSA) is 73.6 Å². The summed E-state index contributed by atoms with van der Waals surface area (Å²) in [5.41, 5.74) is 8.26. The van der Waals surface area contributed by atoms with Crippen LogP contribution in [0.15, 0.2) is 18.2 Å². The Balaban J connectivity index is 1.82. The van der Waals surface area contributed by atoms with Crippen molar-refractivity contribution in [3.8, 4) is 5.75 Å². The minimum absolute atomic E-state index is 0.0732. The van der Waals surface area contributed by atoms with Gasteiger partial charge in [0, 0.05) is 18.5 Å². The van der Waals surface area contributed by atoms with Gasteiger partial charge in [-0.05, 0) is 63.0 Å². The summed E-state index contributed by atoms with van der Waals surface area (Å²) in [5.74, 6) is 1.27. The normalized spacial score (nSPS) is 21.7. The molecule has 1 saturated carbocycles. The van der Waals surface area contributed by atoms with Gasteiger partial charge in [-0.1, -0.05) is 20.8 Å². The molecular formula is C22H36N2O3. The third kappa shape index (κ3) is 7.31. The van der Waals surface area contributed by atoms with Crippen LogP contribution in [0.4, 0.5) is 11.4 Å². The Morgan fingerprint density at radius 1 is 1.33 bits per heavy atom. The molecule has 1 aliphatic rings. The maximum Gasteiger partial charge on any atom is 0.306 e. The van der Waals surface area contributed by atoms with Gasteiger partial charge in [0.1, 0.15) is 5.75 Å². The predicted octanol–water partition coefficient (Wildman–Crippen LogP) is 5.01. The van der Waals surface area contributed by atoms with Crippen molar-refractivity contribution in [1.29, 1.82) is 0 Å². The second-order valence-electron chi connectivity index (χ2n) is 8.99. The number of ether oxygens (including phenoxy) is 2. The molecule has 27 heavy (non-hydrogen) atoms. The van der Waals surface area contributed by atoms with E-state index in [4.69, 9.17) is 15.2 Å². The van der Waals surface area contributed by atoms with Gasteiger partial charge in [0.15, 0.2) is 0 Å². The maximum atomic E-state index is 11.5. The molecule has 1 aromatic rings. The average Bonchev–Trinajstić information content (AvgIpc) is 2.51. The zero-order chi connectivity index (χ0) is 20.0. The Hall–Kier alpha value is -1.91. The van der Waals surface area contributed by atoms with Crippen LogP contribution in [0.5, 0.6) is 5.75 Å². The van der Waals surface area contributed by atoms with Crippen LogP contribution in [0.2, 0.25) is 0 Å². The lowest BCUT2D eigenvalue weighted by atomic mass is 9.70. The quantitative estimate of drug-likeness (QED) is 0.379. The van der Waals surface area contributed by atoms with E-state index < -0.39 is 0 Å². The van der Waals surface area contributed by atoms with E-state index in [0.29, 0.717) is 36.6 Å². The van der Waals surface area contributed by atoms with Crippen LogP contribution in [0.25, 0.3) is 0 Å². The van der Waals surface area contributed by atoms with Crippen molar-refractivity contribution in [2.24, 2.45) is 11.3 Å². The highest BCUT2D eigenvalue weighted by atomic mass is 16.5. The number of benzene rings is 1. The monoisotopic (exact) mass is 376 g/mol. The summed E-state index contributed by atoms with van der Waals surface area (Å²) in [6, 6.07) is 6.23. The fourth-order valence-electron chi connectivity index (χ4n) is 4.17. The Labute approximate surface area is 164 Å². The molecule has 152 valence electrons. The summed E-state index contributed by atoms with van der Waals surface area (Å²) in [7, 11) is 0. The van der Waals surface area contributed by atoms with Gasteiger partial charge < -0.3 is 20.5 Å². The summed E-state index contributed by atoms with van der Waals surface area (Å²) in [6.07, 6.45) is 4.52. The molecule has 0 amide bonds. The molecular weight excluding hydrogens is 340 g/mol. The second kappa shape index (κ2) is 9.34. The van der Waals surface area contributed by atoms with E-state index in [1.807, 2.05) is 32.0 Å². The number of esters is 1. The molecule has 5 heteroatoms. The Morgan fingerprint density at radius 3 is 2.70 bits per heavy atom. The number of nitrogens with one attached hydrogen (secondary N) is 1. The van der Waals surface area contributed by atoms with E-state index in [0.717, 1.165) is 23.8 Å². The second-order valence-corrected chi connectivity index (χ2v) is 8.99. The highest BCUT2D eigenvalue weighted by Crippen LogP contribution is 2.40. The Morgan fingerprint density at radius 2 is 2.07 bits per heavy atom. The number of nitrogens with two attached hydrogens (primary N) is 1. The molecule has 0 bridgehead atoms. The molecule has 2 rings (SSSR count). The molecule has 0 spiro atoms. The SMILES string of the molecule is CC1CC(Nc2ccc(OCCCC(=O)OC(C)C)cc2N)CC(C)(C)C1. The molecule has 2 unspecified atom stereocenters. The standard InChI is InChI=1S/C22H36N2O3/c1-15(2)27-21(25)7-6-10-26-18-8-9-20(19(23)12-18)24-17-11-16(3)13-22(4,5)14-17/h8-9,12,15-17,24H,6-7,10-11,13-14,23H2,1-5H3. The number of carbonyl (C=O) groups is 1. The Kier molecular flexibility index (Phi) is 7.40. The van der Waals surface area contributed by atoms with Gasteiger partial charge in [-0.25, -0.2) is 0 Å². The molecule has 0 saturated heterocycles. The third-order valence-corrected chi connectivity index (χ3v) is 4.93. The first kappa shape index (κ1) is 21.4. The van der Waals surface area contributed by atoms with Gasteiger partial charge in [-0.2, -0.15) is 0 Å². The van der Waals surface area contributed by atoms with E-state index in [2.05, 4.69) is 26.1 Å². The zero-order valence-corrected chi connectivity index (χ0v) is 17.5. The lowest BCUT2D eigenvalue weighted by Gasteiger charge is -2.39. The number of nitrogen functional groups attached to an aromatic ring is 1. The van der Waals surface area contributed by atoms with Crippen LogP contribution in [-0.2, 0) is 9.53 Å². The van der Waals surface area contributed by atoms with Crippen molar-refractivity contribution < 1.29 is 14.3 Å². The van der Waals surface area contributed by atoms with Crippen molar-refractivity contribution in [1.82, 2.24) is 0 Å². The van der Waals surface area contributed by atoms with Crippen molar-refractivity contribution >= 4 is 17.3 Å². The van der Waals surface area contributed by atoms with Crippen molar-refractivity contribution in [3.05, 3.63) is 18.2 Å². The first-order valence-electron chi connectivity index (χ1n) is 10.1. The van der Waals surface area contributed by atoms with Crippen molar-refractivity contribution in [3.63, 3.8) is 0 Å². The summed E-state index contributed by atoms with van der Waals surface area (Å²) in [6.45, 7) is 11.2. The molecule has 2 atom stereocenters. The molecule has 3 N–H and O–H groups in total. The number of hydrogen-bond acceptors (Lipinski definition) is 5. The van der Waals surface area contributed by atoms with Crippen LogP contribution in [0.1, 0.15) is 66.7 Å². The van der Waals surface area contributed by atoms with Gasteiger partial charge in [-0.15, -0.1) is 0 Å². The molecule has 1 fully saturated rings. The summed E-state index contributed by atoms with van der Waals surface area (Å²) in [4.78, 5) is 11.5. The van der Waals surface area contributed by atoms with Gasteiger partial charge in [-0.3, -0.25) is 4.79 Å². The smallest absolute Gasteiger partial charge is 0.306 e. The van der Waals surface area contributed by atoms with Crippen LogP contribution in [-0.4, -0.2) is 24.7 Å². The van der Waals surface area contributed by atoms with Gasteiger partial charge in [0.2, 0.25) is 0 Å². The Bertz CT molecular complexity index is 628. The molecule has 1 aromatic carbocycles. The lowest BCUT2D eigenvalue weighted by molar-refractivity contribution is -0.147. The third-order valence-electron chi connectivity index (χ3n) is 4.93. The number of anilines is 2. The van der Waals surface area contributed by atoms with Crippen molar-refractivity contribution in [2.75, 3.05) is 17.7 Å². The lowest BCUT2D eigenvalue weighted by Crippen LogP contribution is -2.35. The first-order valence-corrected chi connectivity index (χ1v) is 10.1. The molecule has 1 aliphatic carbocycles. The highest BCUT2D eigenvalue weighted by molar-refractivity contribution is 5.69. The van der Waals surface area contributed by atoms with Crippen molar-refractivity contribution in [2.45, 2.75) is 78.9 Å². The zero-order valence-electron chi connectivity index (χ0n) is 17.5. The fraction of sp³-hybridized carbons (Fsp3) is 0.682. The van der Waals surface area contributed by atoms with Gasteiger partial charge in [0.05, 0.1) is 24.1 Å². The fourth-order valence-corrected chi connectivity index (χ4v) is 4.17. The van der Waals surface area contributed by atoms with E-state index in [1.165, 1.54) is 12.8 Å². The summed E-state index contributed by atoms with van der Waals surface area (Å²) >= 11 is 0. The van der Waals surface area contributed by atoms with E-state index in [9.17, 15) is 4.79 Å². The van der Waals surface area contributed by atoms with E-state index in [-0.39, 0.29) is 12.1 Å². The van der Waals surface area contributed by atoms with Gasteiger partial charge in [0.25, 0.3) is 0 Å². The minimum atomic E-state index is -0.183. The number of hydrogen-bond donors (Lipinski definition) is 2. The molecule has 0 aliphatic heterocycles.